The minimum atomic E-state index is -4.07. The monoisotopic (exact) mass is 350 g/mol. The van der Waals surface area contributed by atoms with Gasteiger partial charge in [-0.1, -0.05) is 30.3 Å². The molecule has 7 nitrogen and oxygen atoms in total. The minimum absolute atomic E-state index is 0.234. The van der Waals surface area contributed by atoms with Crippen LogP contribution in [0.3, 0.4) is 0 Å². The molecule has 1 unspecified atom stereocenters. The number of nitro benzene ring substituents is 1. The summed E-state index contributed by atoms with van der Waals surface area (Å²) in [7, 11) is -4.07. The molecule has 0 fully saturated rings. The lowest BCUT2D eigenvalue weighted by molar-refractivity contribution is -0.385. The lowest BCUT2D eigenvalue weighted by Crippen LogP contribution is -2.19. The smallest absolute Gasteiger partial charge is 0.270 e. The van der Waals surface area contributed by atoms with Crippen LogP contribution in [0.15, 0.2) is 53.4 Å². The molecule has 0 aliphatic heterocycles. The highest BCUT2D eigenvalue weighted by atomic mass is 32.2. The van der Waals surface area contributed by atoms with Gasteiger partial charge in [-0.25, -0.2) is 8.42 Å². The number of anilines is 1. The number of rotatable bonds is 7. The third-order valence-electron chi connectivity index (χ3n) is 3.50. The number of nitro groups is 1. The number of aliphatic hydroxyl groups is 1. The molecule has 1 atom stereocenters. The van der Waals surface area contributed by atoms with E-state index in [1.807, 2.05) is 30.3 Å². The third-order valence-corrected chi connectivity index (χ3v) is 5.35. The molecule has 0 saturated carbocycles. The molecule has 2 rings (SSSR count). The first kappa shape index (κ1) is 17.9. The molecule has 0 aliphatic carbocycles. The summed E-state index contributed by atoms with van der Waals surface area (Å²) < 4.78 is 24.5. The number of sulfone groups is 1. The van der Waals surface area contributed by atoms with Crippen LogP contribution in [0.1, 0.15) is 12.5 Å². The van der Waals surface area contributed by atoms with Crippen molar-refractivity contribution in [1.82, 2.24) is 0 Å². The second-order valence-electron chi connectivity index (χ2n) is 5.24. The fourth-order valence-corrected chi connectivity index (χ4v) is 3.28. The van der Waals surface area contributed by atoms with Gasteiger partial charge in [0.05, 0.1) is 15.5 Å². The van der Waals surface area contributed by atoms with Crippen LogP contribution in [0, 0.1) is 10.1 Å². The fourth-order valence-electron chi connectivity index (χ4n) is 2.18. The Bertz CT molecular complexity index is 820. The van der Waals surface area contributed by atoms with Gasteiger partial charge in [0.2, 0.25) is 9.84 Å². The standard InChI is InChI=1S/C16H18N2O5S/c1-12(19)24(22,23)16-11-14(18(20)21)7-8-15(16)17-10-9-13-5-3-2-4-6-13/h2-8,11-12,17,19H,9-10H2,1H3. The SMILES string of the molecule is CC(O)S(=O)(=O)c1cc([N+](=O)[O-])ccc1NCCc1ccccc1. The summed E-state index contributed by atoms with van der Waals surface area (Å²) in [4.78, 5) is 9.94. The molecule has 8 heteroatoms. The van der Waals surface area contributed by atoms with E-state index in [9.17, 15) is 23.6 Å². The van der Waals surface area contributed by atoms with Crippen LogP contribution >= 0.6 is 0 Å². The van der Waals surface area contributed by atoms with Crippen LogP contribution < -0.4 is 5.32 Å². The van der Waals surface area contributed by atoms with Gasteiger partial charge in [0.1, 0.15) is 0 Å². The molecular formula is C16H18N2O5S. The average molecular weight is 350 g/mol. The number of aliphatic hydroxyl groups excluding tert-OH is 1. The maximum absolute atomic E-state index is 12.2. The van der Waals surface area contributed by atoms with E-state index >= 15 is 0 Å². The van der Waals surface area contributed by atoms with E-state index in [0.717, 1.165) is 18.6 Å². The highest BCUT2D eigenvalue weighted by Gasteiger charge is 2.26. The lowest BCUT2D eigenvalue weighted by atomic mass is 10.1. The molecule has 0 spiro atoms. The van der Waals surface area contributed by atoms with E-state index in [2.05, 4.69) is 5.32 Å². The molecule has 128 valence electrons. The molecular weight excluding hydrogens is 332 g/mol. The third kappa shape index (κ3) is 4.09. The highest BCUT2D eigenvalue weighted by molar-refractivity contribution is 7.92. The normalized spacial score (nSPS) is 12.6. The molecule has 24 heavy (non-hydrogen) atoms. The van der Waals surface area contributed by atoms with Crippen molar-refractivity contribution in [3.63, 3.8) is 0 Å². The topological polar surface area (TPSA) is 110 Å². The van der Waals surface area contributed by atoms with Crippen LogP contribution in [0.4, 0.5) is 11.4 Å². The van der Waals surface area contributed by atoms with Gasteiger partial charge in [-0.3, -0.25) is 10.1 Å². The number of nitrogens with one attached hydrogen (secondary N) is 1. The van der Waals surface area contributed by atoms with Crippen molar-refractivity contribution >= 4 is 21.2 Å². The quantitative estimate of drug-likeness (QED) is 0.586. The van der Waals surface area contributed by atoms with E-state index in [4.69, 9.17) is 0 Å². The van der Waals surface area contributed by atoms with E-state index in [1.54, 1.807) is 0 Å². The summed E-state index contributed by atoms with van der Waals surface area (Å²) in [6.07, 6.45) is 0.659. The highest BCUT2D eigenvalue weighted by Crippen LogP contribution is 2.28. The van der Waals surface area contributed by atoms with Gasteiger partial charge < -0.3 is 10.4 Å². The first-order valence-electron chi connectivity index (χ1n) is 7.30. The van der Waals surface area contributed by atoms with E-state index in [0.29, 0.717) is 13.0 Å². The Morgan fingerprint density at radius 1 is 1.21 bits per heavy atom. The second kappa shape index (κ2) is 7.41. The Labute approximate surface area is 140 Å². The van der Waals surface area contributed by atoms with Gasteiger partial charge in [-0.2, -0.15) is 0 Å². The second-order valence-corrected chi connectivity index (χ2v) is 7.46. The molecule has 0 aliphatic rings. The molecule has 0 amide bonds. The van der Waals surface area contributed by atoms with Gasteiger partial charge in [0.15, 0.2) is 5.44 Å². The van der Waals surface area contributed by atoms with Crippen LogP contribution in [0.2, 0.25) is 0 Å². The molecule has 0 bridgehead atoms. The zero-order valence-electron chi connectivity index (χ0n) is 13.0. The number of hydrogen-bond acceptors (Lipinski definition) is 6. The van der Waals surface area contributed by atoms with Gasteiger partial charge in [0, 0.05) is 18.7 Å². The van der Waals surface area contributed by atoms with Crippen molar-refractivity contribution in [3.05, 3.63) is 64.2 Å². The summed E-state index contributed by atoms with van der Waals surface area (Å²) >= 11 is 0. The minimum Gasteiger partial charge on any atom is -0.384 e. The maximum Gasteiger partial charge on any atom is 0.270 e. The summed E-state index contributed by atoms with van der Waals surface area (Å²) in [5.41, 5.74) is -0.693. The van der Waals surface area contributed by atoms with Gasteiger partial charge >= 0.3 is 0 Å². The molecule has 0 aromatic heterocycles. The van der Waals surface area contributed by atoms with E-state index < -0.39 is 20.2 Å². The van der Waals surface area contributed by atoms with Crippen LogP contribution in [0.25, 0.3) is 0 Å². The van der Waals surface area contributed by atoms with Crippen LogP contribution in [0.5, 0.6) is 0 Å². The molecule has 2 N–H and O–H groups in total. The van der Waals surface area contributed by atoms with Gasteiger partial charge in [0.25, 0.3) is 5.69 Å². The Hall–Kier alpha value is -2.45. The van der Waals surface area contributed by atoms with E-state index in [-0.39, 0.29) is 16.3 Å². The molecule has 0 saturated heterocycles. The van der Waals surface area contributed by atoms with Crippen molar-refractivity contribution in [1.29, 1.82) is 0 Å². The maximum atomic E-state index is 12.2. The molecule has 0 radical (unpaired) electrons. The zero-order chi connectivity index (χ0) is 17.7. The Morgan fingerprint density at radius 3 is 2.46 bits per heavy atom. The molecule has 0 heterocycles. The number of nitrogens with zero attached hydrogens (tertiary/aromatic N) is 1. The van der Waals surface area contributed by atoms with Crippen molar-refractivity contribution < 1.29 is 18.4 Å². The Morgan fingerprint density at radius 2 is 1.88 bits per heavy atom. The Kier molecular flexibility index (Phi) is 5.53. The summed E-state index contributed by atoms with van der Waals surface area (Å²) in [5.74, 6) is 0. The average Bonchev–Trinajstić information content (AvgIpc) is 2.55. The van der Waals surface area contributed by atoms with Crippen molar-refractivity contribution in [3.8, 4) is 0 Å². The Balaban J connectivity index is 2.27. The van der Waals surface area contributed by atoms with Gasteiger partial charge in [-0.15, -0.1) is 0 Å². The number of benzene rings is 2. The summed E-state index contributed by atoms with van der Waals surface area (Å²) in [6, 6.07) is 13.2. The fraction of sp³-hybridized carbons (Fsp3) is 0.250. The predicted octanol–water partition coefficient (Wildman–Crippen LogP) is 2.36. The lowest BCUT2D eigenvalue weighted by Gasteiger charge is -2.14. The largest absolute Gasteiger partial charge is 0.384 e. The first-order chi connectivity index (χ1) is 11.3. The first-order valence-corrected chi connectivity index (χ1v) is 8.85. The summed E-state index contributed by atoms with van der Waals surface area (Å²) in [6.45, 7) is 1.56. The predicted molar refractivity (Wildman–Crippen MR) is 90.6 cm³/mol. The van der Waals surface area contributed by atoms with Gasteiger partial charge in [-0.05, 0) is 25.0 Å². The number of non-ortho nitro benzene ring substituents is 1. The number of hydrogen-bond donors (Lipinski definition) is 2. The molecule has 2 aromatic carbocycles. The van der Waals surface area contributed by atoms with Crippen LogP contribution in [-0.4, -0.2) is 30.4 Å². The van der Waals surface area contributed by atoms with Crippen molar-refractivity contribution in [2.24, 2.45) is 0 Å². The van der Waals surface area contributed by atoms with E-state index in [1.165, 1.54) is 12.1 Å². The zero-order valence-corrected chi connectivity index (χ0v) is 13.9. The summed E-state index contributed by atoms with van der Waals surface area (Å²) in [5, 5.41) is 23.4. The van der Waals surface area contributed by atoms with Crippen molar-refractivity contribution in [2.45, 2.75) is 23.7 Å². The molecule has 2 aromatic rings. The van der Waals surface area contributed by atoms with Crippen LogP contribution in [-0.2, 0) is 16.3 Å². The van der Waals surface area contributed by atoms with Crippen molar-refractivity contribution in [2.75, 3.05) is 11.9 Å².